The van der Waals surface area contributed by atoms with E-state index in [-0.39, 0.29) is 28.3 Å². The van der Waals surface area contributed by atoms with Gasteiger partial charge >= 0.3 is 5.97 Å². The quantitative estimate of drug-likeness (QED) is 0.118. The number of nitrogens with two attached hydrogens (primary N) is 2. The van der Waals surface area contributed by atoms with E-state index in [1.54, 1.807) is 18.2 Å². The zero-order chi connectivity index (χ0) is 27.3. The summed E-state index contributed by atoms with van der Waals surface area (Å²) in [6.07, 6.45) is 0.564. The van der Waals surface area contributed by atoms with Crippen molar-refractivity contribution >= 4 is 50.2 Å². The van der Waals surface area contributed by atoms with Crippen molar-refractivity contribution < 1.29 is 22.9 Å². The van der Waals surface area contributed by atoms with Crippen molar-refractivity contribution in [2.75, 3.05) is 11.5 Å². The Morgan fingerprint density at radius 3 is 2.00 bits per heavy atom. The number of rotatable bonds is 8. The zero-order valence-corrected chi connectivity index (χ0v) is 20.6. The highest BCUT2D eigenvalue weighted by molar-refractivity contribution is 7.86. The topological polar surface area (TPSA) is 193 Å². The van der Waals surface area contributed by atoms with Crippen LogP contribution in [0.4, 0.5) is 34.1 Å². The molecule has 12 heteroatoms. The summed E-state index contributed by atoms with van der Waals surface area (Å²) < 4.78 is 33.8. The molecule has 0 aliphatic carbocycles. The van der Waals surface area contributed by atoms with Crippen molar-refractivity contribution in [3.63, 3.8) is 0 Å². The number of nitrogens with zero attached hydrogens (tertiary/aromatic N) is 4. The molecule has 0 fully saturated rings. The minimum atomic E-state index is -4.81. The lowest BCUT2D eigenvalue weighted by Gasteiger charge is -2.11. The van der Waals surface area contributed by atoms with Crippen LogP contribution >= 0.6 is 0 Å². The zero-order valence-electron chi connectivity index (χ0n) is 19.8. The van der Waals surface area contributed by atoms with Crippen LogP contribution in [0.1, 0.15) is 21.5 Å². The van der Waals surface area contributed by atoms with Gasteiger partial charge in [0.2, 0.25) is 0 Å². The minimum absolute atomic E-state index is 0.00245. The second kappa shape index (κ2) is 11.0. The van der Waals surface area contributed by atoms with E-state index in [0.717, 1.165) is 17.2 Å². The molecule has 4 aromatic carbocycles. The average Bonchev–Trinajstić information content (AvgIpc) is 2.89. The van der Waals surface area contributed by atoms with Gasteiger partial charge in [0.05, 0.1) is 22.6 Å². The molecule has 4 aromatic rings. The van der Waals surface area contributed by atoms with Gasteiger partial charge in [-0.15, -0.1) is 15.3 Å². The largest absolute Gasteiger partial charge is 0.478 e. The molecule has 0 amide bonds. The van der Waals surface area contributed by atoms with Crippen molar-refractivity contribution in [2.45, 2.75) is 11.3 Å². The Kier molecular flexibility index (Phi) is 7.55. The summed E-state index contributed by atoms with van der Waals surface area (Å²) in [4.78, 5) is 10.8. The third-order valence-corrected chi connectivity index (χ3v) is 6.38. The lowest BCUT2D eigenvalue weighted by Crippen LogP contribution is -2.05. The molecular formula is C26H22N6O5S. The Bertz CT molecular complexity index is 1670. The Morgan fingerprint density at radius 1 is 0.737 bits per heavy atom. The van der Waals surface area contributed by atoms with E-state index in [0.29, 0.717) is 12.1 Å². The highest BCUT2D eigenvalue weighted by atomic mass is 32.2. The first-order valence-electron chi connectivity index (χ1n) is 11.1. The third-order valence-electron chi connectivity index (χ3n) is 5.48. The molecule has 0 radical (unpaired) electrons. The van der Waals surface area contributed by atoms with E-state index >= 15 is 0 Å². The van der Waals surface area contributed by atoms with Gasteiger partial charge in [-0.1, -0.05) is 60.7 Å². The number of anilines is 2. The van der Waals surface area contributed by atoms with Gasteiger partial charge in [-0.25, -0.2) is 4.79 Å². The molecule has 0 bridgehead atoms. The first kappa shape index (κ1) is 26.1. The monoisotopic (exact) mass is 530 g/mol. The predicted octanol–water partition coefficient (Wildman–Crippen LogP) is 6.22. The summed E-state index contributed by atoms with van der Waals surface area (Å²) in [7, 11) is -4.81. The Balaban J connectivity index is 1.79. The molecule has 0 aromatic heterocycles. The number of azo groups is 2. The summed E-state index contributed by atoms with van der Waals surface area (Å²) in [5.41, 5.74) is 13.4. The maximum atomic E-state index is 12.0. The Morgan fingerprint density at radius 2 is 1.32 bits per heavy atom. The molecule has 0 saturated heterocycles. The van der Waals surface area contributed by atoms with E-state index in [1.165, 1.54) is 18.2 Å². The van der Waals surface area contributed by atoms with E-state index in [9.17, 15) is 22.9 Å². The lowest BCUT2D eigenvalue weighted by molar-refractivity contribution is 0.0697. The van der Waals surface area contributed by atoms with Crippen LogP contribution in [0.3, 0.4) is 0 Å². The number of hydrogen-bond donors (Lipinski definition) is 4. The van der Waals surface area contributed by atoms with Crippen LogP contribution in [-0.2, 0) is 16.5 Å². The molecule has 0 unspecified atom stereocenters. The molecule has 192 valence electrons. The molecule has 0 aliphatic heterocycles. The van der Waals surface area contributed by atoms with Crippen molar-refractivity contribution in [3.8, 4) is 0 Å². The molecule has 0 heterocycles. The van der Waals surface area contributed by atoms with E-state index in [2.05, 4.69) is 20.5 Å². The van der Waals surface area contributed by atoms with Crippen LogP contribution in [0.2, 0.25) is 0 Å². The van der Waals surface area contributed by atoms with Crippen LogP contribution in [-0.4, -0.2) is 24.0 Å². The van der Waals surface area contributed by atoms with Crippen molar-refractivity contribution in [1.29, 1.82) is 0 Å². The number of aromatic carboxylic acids is 1. The fourth-order valence-electron chi connectivity index (χ4n) is 3.59. The standard InChI is InChI=1S/C26H22N6O5S/c27-23-21(31-30-20-13-7-5-11-18(20)26(33)34)15-22(38(35,36)37)24(28)25(23)32-29-19-12-6-4-10-17(19)14-16-8-2-1-3-9-16/h1-13,15H,14,27-28H2,(H,33,34)(H,35,36,37). The number of carbonyl (C=O) groups is 1. The molecular weight excluding hydrogens is 508 g/mol. The number of carboxylic acid groups (broad SMARTS) is 1. The van der Waals surface area contributed by atoms with Gasteiger partial charge < -0.3 is 16.6 Å². The molecule has 0 atom stereocenters. The fraction of sp³-hybridized carbons (Fsp3) is 0.0385. The van der Waals surface area contributed by atoms with E-state index in [4.69, 9.17) is 11.5 Å². The molecule has 0 saturated carbocycles. The number of benzene rings is 4. The van der Waals surface area contributed by atoms with Gasteiger partial charge in [0, 0.05) is 0 Å². The lowest BCUT2D eigenvalue weighted by atomic mass is 10.0. The first-order valence-corrected chi connectivity index (χ1v) is 12.6. The molecule has 4 rings (SSSR count). The van der Waals surface area contributed by atoms with Crippen LogP contribution < -0.4 is 11.5 Å². The van der Waals surface area contributed by atoms with E-state index in [1.807, 2.05) is 42.5 Å². The summed E-state index contributed by atoms with van der Waals surface area (Å²) in [5.74, 6) is -1.23. The van der Waals surface area contributed by atoms with Crippen LogP contribution in [0, 0.1) is 0 Å². The number of hydrogen-bond acceptors (Lipinski definition) is 9. The Labute approximate surface area is 217 Å². The predicted molar refractivity (Wildman–Crippen MR) is 143 cm³/mol. The van der Waals surface area contributed by atoms with Crippen LogP contribution in [0.15, 0.2) is 110 Å². The summed E-state index contributed by atoms with van der Waals surface area (Å²) in [6.45, 7) is 0. The number of carboxylic acids is 1. The van der Waals surface area contributed by atoms with Gasteiger partial charge in [0.25, 0.3) is 10.1 Å². The Hall–Kier alpha value is -4.94. The number of nitrogen functional groups attached to an aromatic ring is 2. The van der Waals surface area contributed by atoms with Crippen LogP contribution in [0.5, 0.6) is 0 Å². The SMILES string of the molecule is Nc1c(N=Nc2ccccc2C(=O)O)cc(S(=O)(=O)O)c(N)c1N=Nc1ccccc1Cc1ccccc1. The van der Waals surface area contributed by atoms with Gasteiger partial charge in [-0.3, -0.25) is 4.55 Å². The normalized spacial score (nSPS) is 11.8. The summed E-state index contributed by atoms with van der Waals surface area (Å²) >= 11 is 0. The van der Waals surface area contributed by atoms with E-state index < -0.39 is 26.7 Å². The third kappa shape index (κ3) is 5.88. The molecule has 11 nitrogen and oxygen atoms in total. The molecule has 0 aliphatic rings. The van der Waals surface area contributed by atoms with Crippen LogP contribution in [0.25, 0.3) is 0 Å². The fourth-order valence-corrected chi connectivity index (χ4v) is 4.23. The van der Waals surface area contributed by atoms with Crippen molar-refractivity contribution in [1.82, 2.24) is 0 Å². The highest BCUT2D eigenvalue weighted by Crippen LogP contribution is 2.43. The molecule has 6 N–H and O–H groups in total. The second-order valence-electron chi connectivity index (χ2n) is 8.06. The average molecular weight is 531 g/mol. The molecule has 0 spiro atoms. The van der Waals surface area contributed by atoms with Crippen molar-refractivity contribution in [2.24, 2.45) is 20.5 Å². The van der Waals surface area contributed by atoms with Gasteiger partial charge in [-0.05, 0) is 41.8 Å². The summed E-state index contributed by atoms with van der Waals surface area (Å²) in [6, 6.07) is 23.7. The maximum Gasteiger partial charge on any atom is 0.337 e. The maximum absolute atomic E-state index is 12.0. The minimum Gasteiger partial charge on any atom is -0.478 e. The smallest absolute Gasteiger partial charge is 0.337 e. The van der Waals surface area contributed by atoms with Gasteiger partial charge in [0.15, 0.2) is 0 Å². The first-order chi connectivity index (χ1) is 18.1. The highest BCUT2D eigenvalue weighted by Gasteiger charge is 2.22. The van der Waals surface area contributed by atoms with Crippen molar-refractivity contribution in [3.05, 3.63) is 102 Å². The van der Waals surface area contributed by atoms with Gasteiger partial charge in [0.1, 0.15) is 22.0 Å². The summed E-state index contributed by atoms with van der Waals surface area (Å²) in [5, 5.41) is 25.6. The second-order valence-corrected chi connectivity index (χ2v) is 9.45. The molecule has 38 heavy (non-hydrogen) atoms. The van der Waals surface area contributed by atoms with Gasteiger partial charge in [-0.2, -0.15) is 13.5 Å².